The van der Waals surface area contributed by atoms with Crippen molar-refractivity contribution >= 4 is 23.6 Å². The monoisotopic (exact) mass is 509 g/mol. The van der Waals surface area contributed by atoms with Gasteiger partial charge in [-0.3, -0.25) is 9.69 Å². The molecule has 1 saturated carbocycles. The Morgan fingerprint density at radius 2 is 1.95 bits per heavy atom. The lowest BCUT2D eigenvalue weighted by molar-refractivity contribution is -0.138. The zero-order chi connectivity index (χ0) is 26.2. The van der Waals surface area contributed by atoms with Gasteiger partial charge in [-0.25, -0.2) is 19.7 Å². The molecular formula is C27H39N7O3. The van der Waals surface area contributed by atoms with Crippen LogP contribution in [0.2, 0.25) is 0 Å². The van der Waals surface area contributed by atoms with Gasteiger partial charge in [-0.2, -0.15) is 0 Å². The van der Waals surface area contributed by atoms with Crippen LogP contribution in [-0.2, 0) is 22.4 Å². The van der Waals surface area contributed by atoms with E-state index in [0.29, 0.717) is 31.4 Å². The number of hydrogen-bond donors (Lipinski definition) is 3. The zero-order valence-corrected chi connectivity index (χ0v) is 21.9. The quantitative estimate of drug-likeness (QED) is 0.330. The second kappa shape index (κ2) is 12.8. The standard InChI is InChI=1S/C27H39N7O3/c1-33(2)24(35)18-34(14-4-3-7-22-11-10-20-6-5-13-28-25(20)31-22)15-12-23(26(36)37)32-27-29-16-21(17-30-27)19-8-9-19/h10-11,16-17,19,23H,3-9,12-15,18H2,1-2H3,(H,28,31)(H,36,37)(H,29,30,32). The van der Waals surface area contributed by atoms with Gasteiger partial charge in [0, 0.05) is 45.3 Å². The number of fused-ring (bicyclic) bond motifs is 1. The Kier molecular flexibility index (Phi) is 9.27. The molecule has 200 valence electrons. The van der Waals surface area contributed by atoms with Gasteiger partial charge in [0.05, 0.1) is 6.54 Å². The van der Waals surface area contributed by atoms with Gasteiger partial charge in [-0.1, -0.05) is 6.07 Å². The van der Waals surface area contributed by atoms with Crippen LogP contribution in [0.15, 0.2) is 24.5 Å². The second-order valence-electron chi connectivity index (χ2n) is 10.3. The maximum atomic E-state index is 12.4. The van der Waals surface area contributed by atoms with E-state index in [0.717, 1.165) is 68.6 Å². The predicted molar refractivity (Wildman–Crippen MR) is 143 cm³/mol. The molecule has 4 rings (SSSR count). The number of likely N-dealkylation sites (N-methyl/N-ethyl adjacent to an activating group) is 1. The van der Waals surface area contributed by atoms with E-state index in [1.807, 2.05) is 4.90 Å². The summed E-state index contributed by atoms with van der Waals surface area (Å²) in [5.41, 5.74) is 3.47. The highest BCUT2D eigenvalue weighted by Crippen LogP contribution is 2.39. The molecule has 3 N–H and O–H groups in total. The number of carboxylic acid groups (broad SMARTS) is 1. The molecule has 37 heavy (non-hydrogen) atoms. The largest absolute Gasteiger partial charge is 0.480 e. The van der Waals surface area contributed by atoms with Crippen LogP contribution in [0, 0.1) is 0 Å². The molecule has 10 heteroatoms. The Hall–Kier alpha value is -3.27. The van der Waals surface area contributed by atoms with Crippen molar-refractivity contribution in [3.63, 3.8) is 0 Å². The molecule has 0 bridgehead atoms. The number of anilines is 2. The number of aliphatic carboxylic acids is 1. The molecule has 1 unspecified atom stereocenters. The summed E-state index contributed by atoms with van der Waals surface area (Å²) >= 11 is 0. The van der Waals surface area contributed by atoms with Crippen molar-refractivity contribution in [1.29, 1.82) is 0 Å². The van der Waals surface area contributed by atoms with Gasteiger partial charge in [-0.05, 0) is 81.0 Å². The van der Waals surface area contributed by atoms with E-state index in [-0.39, 0.29) is 12.5 Å². The number of carbonyl (C=O) groups excluding carboxylic acids is 1. The number of carbonyl (C=O) groups is 2. The van der Waals surface area contributed by atoms with Crippen LogP contribution in [0.3, 0.4) is 0 Å². The predicted octanol–water partition coefficient (Wildman–Crippen LogP) is 2.78. The fraction of sp³-hybridized carbons (Fsp3) is 0.593. The Morgan fingerprint density at radius 1 is 1.16 bits per heavy atom. The first-order chi connectivity index (χ1) is 17.9. The van der Waals surface area contributed by atoms with Crippen LogP contribution >= 0.6 is 0 Å². The van der Waals surface area contributed by atoms with Crippen molar-refractivity contribution in [2.45, 2.75) is 63.3 Å². The number of aromatic nitrogens is 3. The average Bonchev–Trinajstić information content (AvgIpc) is 3.74. The Morgan fingerprint density at radius 3 is 2.65 bits per heavy atom. The molecule has 1 atom stereocenters. The molecular weight excluding hydrogens is 470 g/mol. The van der Waals surface area contributed by atoms with E-state index < -0.39 is 12.0 Å². The summed E-state index contributed by atoms with van der Waals surface area (Å²) in [6.07, 6.45) is 11.2. The zero-order valence-electron chi connectivity index (χ0n) is 21.9. The number of unbranched alkanes of at least 4 members (excludes halogenated alkanes) is 1. The van der Waals surface area contributed by atoms with Crippen molar-refractivity contribution in [2.75, 3.05) is 50.9 Å². The van der Waals surface area contributed by atoms with Crippen molar-refractivity contribution < 1.29 is 14.7 Å². The summed E-state index contributed by atoms with van der Waals surface area (Å²) in [5.74, 6) is 0.925. The maximum absolute atomic E-state index is 12.4. The molecule has 1 amide bonds. The van der Waals surface area contributed by atoms with Crippen molar-refractivity contribution in [3.8, 4) is 0 Å². The topological polar surface area (TPSA) is 124 Å². The molecule has 1 aliphatic carbocycles. The highest BCUT2D eigenvalue weighted by atomic mass is 16.4. The maximum Gasteiger partial charge on any atom is 0.326 e. The van der Waals surface area contributed by atoms with E-state index in [1.165, 1.54) is 5.56 Å². The summed E-state index contributed by atoms with van der Waals surface area (Å²) in [7, 11) is 3.47. The van der Waals surface area contributed by atoms with E-state index in [1.54, 1.807) is 31.4 Å². The lowest BCUT2D eigenvalue weighted by Crippen LogP contribution is -2.40. The number of carboxylic acids is 1. The first-order valence-electron chi connectivity index (χ1n) is 13.4. The molecule has 1 aliphatic heterocycles. The smallest absolute Gasteiger partial charge is 0.326 e. The fourth-order valence-corrected chi connectivity index (χ4v) is 4.52. The normalized spacial score (nSPS) is 15.5. The van der Waals surface area contributed by atoms with Gasteiger partial charge in [-0.15, -0.1) is 0 Å². The van der Waals surface area contributed by atoms with Crippen molar-refractivity contribution in [3.05, 3.63) is 41.3 Å². The third-order valence-electron chi connectivity index (χ3n) is 7.02. The molecule has 1 fully saturated rings. The molecule has 3 heterocycles. The van der Waals surface area contributed by atoms with Gasteiger partial charge in [0.15, 0.2) is 0 Å². The van der Waals surface area contributed by atoms with Crippen LogP contribution in [0.5, 0.6) is 0 Å². The molecule has 2 aromatic heterocycles. The number of amides is 1. The minimum absolute atomic E-state index is 0.00117. The average molecular weight is 510 g/mol. The lowest BCUT2D eigenvalue weighted by atomic mass is 10.1. The molecule has 10 nitrogen and oxygen atoms in total. The number of pyridine rings is 1. The molecule has 0 radical (unpaired) electrons. The van der Waals surface area contributed by atoms with Gasteiger partial charge < -0.3 is 20.6 Å². The summed E-state index contributed by atoms with van der Waals surface area (Å²) in [4.78, 5) is 41.3. The molecule has 0 aromatic carbocycles. The fourth-order valence-electron chi connectivity index (χ4n) is 4.52. The molecule has 0 saturated heterocycles. The van der Waals surface area contributed by atoms with Crippen LogP contribution in [0.1, 0.15) is 61.3 Å². The molecule has 0 spiro atoms. The van der Waals surface area contributed by atoms with Crippen LogP contribution in [-0.4, -0.2) is 88.1 Å². The van der Waals surface area contributed by atoms with Gasteiger partial charge in [0.25, 0.3) is 0 Å². The minimum Gasteiger partial charge on any atom is -0.480 e. The summed E-state index contributed by atoms with van der Waals surface area (Å²) < 4.78 is 0. The summed E-state index contributed by atoms with van der Waals surface area (Å²) in [6, 6.07) is 3.45. The van der Waals surface area contributed by atoms with Crippen molar-refractivity contribution in [2.24, 2.45) is 0 Å². The van der Waals surface area contributed by atoms with Gasteiger partial charge in [0.1, 0.15) is 11.9 Å². The number of nitrogens with one attached hydrogen (secondary N) is 2. The van der Waals surface area contributed by atoms with Crippen LogP contribution in [0.25, 0.3) is 0 Å². The molecule has 2 aliphatic rings. The van der Waals surface area contributed by atoms with Crippen molar-refractivity contribution in [1.82, 2.24) is 24.8 Å². The third-order valence-corrected chi connectivity index (χ3v) is 7.02. The summed E-state index contributed by atoms with van der Waals surface area (Å²) in [6.45, 7) is 2.42. The van der Waals surface area contributed by atoms with E-state index in [9.17, 15) is 14.7 Å². The Bertz CT molecular complexity index is 1060. The highest BCUT2D eigenvalue weighted by Gasteiger charge is 2.25. The van der Waals surface area contributed by atoms with Gasteiger partial charge >= 0.3 is 5.97 Å². The Balaban J connectivity index is 1.28. The van der Waals surface area contributed by atoms with Crippen LogP contribution in [0.4, 0.5) is 11.8 Å². The first kappa shape index (κ1) is 26.8. The number of aryl methyl sites for hydroxylation is 2. The van der Waals surface area contributed by atoms with Gasteiger partial charge in [0.2, 0.25) is 11.9 Å². The number of rotatable bonds is 14. The van der Waals surface area contributed by atoms with E-state index in [4.69, 9.17) is 4.98 Å². The van der Waals surface area contributed by atoms with E-state index >= 15 is 0 Å². The first-order valence-corrected chi connectivity index (χ1v) is 13.4. The van der Waals surface area contributed by atoms with E-state index in [2.05, 4.69) is 32.7 Å². The second-order valence-corrected chi connectivity index (χ2v) is 10.3. The minimum atomic E-state index is -0.958. The molecule has 2 aromatic rings. The number of nitrogens with zero attached hydrogens (tertiary/aromatic N) is 5. The SMILES string of the molecule is CN(C)C(=O)CN(CCCCc1ccc2c(n1)NCCC2)CCC(Nc1ncc(C2CC2)cn1)C(=O)O. The summed E-state index contributed by atoms with van der Waals surface area (Å²) in [5, 5.41) is 16.1. The number of hydrogen-bond acceptors (Lipinski definition) is 8. The highest BCUT2D eigenvalue weighted by molar-refractivity contribution is 5.78. The Labute approximate surface area is 218 Å². The third kappa shape index (κ3) is 8.11. The lowest BCUT2D eigenvalue weighted by Gasteiger charge is -2.25. The van der Waals surface area contributed by atoms with Crippen LogP contribution < -0.4 is 10.6 Å².